The van der Waals surface area contributed by atoms with E-state index in [9.17, 15) is 13.2 Å². The second kappa shape index (κ2) is 8.76. The van der Waals surface area contributed by atoms with Crippen LogP contribution in [0.4, 0.5) is 0 Å². The van der Waals surface area contributed by atoms with Crippen LogP contribution in [0.5, 0.6) is 0 Å². The number of amides is 1. The molecule has 0 aliphatic carbocycles. The number of hydrogen-bond donors (Lipinski definition) is 2. The molecule has 0 radical (unpaired) electrons. The van der Waals surface area contributed by atoms with Crippen molar-refractivity contribution in [3.05, 3.63) is 58.0 Å². The number of aromatic nitrogens is 3. The summed E-state index contributed by atoms with van der Waals surface area (Å²) in [5, 5.41) is 11.1. The van der Waals surface area contributed by atoms with Crippen LogP contribution in [0.25, 0.3) is 5.65 Å². The Bertz CT molecular complexity index is 1220. The van der Waals surface area contributed by atoms with Crippen molar-refractivity contribution in [2.24, 2.45) is 0 Å². The number of benzene rings is 1. The highest BCUT2D eigenvalue weighted by atomic mass is 32.2. The molecule has 0 saturated carbocycles. The summed E-state index contributed by atoms with van der Waals surface area (Å²) in [7, 11) is -3.74. The smallest absolute Gasteiger partial charge is 0.241 e. The quantitative estimate of drug-likeness (QED) is 0.584. The minimum absolute atomic E-state index is 0.00627. The molecule has 1 atom stereocenters. The number of fused-ring (bicyclic) bond motifs is 1. The highest BCUT2D eigenvalue weighted by molar-refractivity contribution is 7.89. The SMILES string of the molecule is Cc1c(C)c(C)c(S(=O)(=O)NCCC(=O)NC(C)c2nnc3ccccn23)c(C)c1C. The summed E-state index contributed by atoms with van der Waals surface area (Å²) >= 11 is 0. The Morgan fingerprint density at radius 3 is 2.26 bits per heavy atom. The van der Waals surface area contributed by atoms with Crippen molar-refractivity contribution in [3.63, 3.8) is 0 Å². The highest BCUT2D eigenvalue weighted by Gasteiger charge is 2.24. The average molecular weight is 444 g/mol. The van der Waals surface area contributed by atoms with Crippen molar-refractivity contribution in [2.75, 3.05) is 6.54 Å². The summed E-state index contributed by atoms with van der Waals surface area (Å²) in [6, 6.07) is 5.19. The van der Waals surface area contributed by atoms with Crippen LogP contribution in [0.2, 0.25) is 0 Å². The lowest BCUT2D eigenvalue weighted by Gasteiger charge is -2.19. The minimum Gasteiger partial charge on any atom is -0.346 e. The van der Waals surface area contributed by atoms with E-state index in [1.54, 1.807) is 4.40 Å². The lowest BCUT2D eigenvalue weighted by atomic mass is 9.95. The molecule has 3 aromatic rings. The summed E-state index contributed by atoms with van der Waals surface area (Å²) in [6.07, 6.45) is 1.85. The normalized spacial score (nSPS) is 12.8. The molecule has 166 valence electrons. The number of hydrogen-bond acceptors (Lipinski definition) is 5. The van der Waals surface area contributed by atoms with Gasteiger partial charge in [0.2, 0.25) is 15.9 Å². The Kier molecular flexibility index (Phi) is 6.47. The zero-order chi connectivity index (χ0) is 22.9. The first-order valence-corrected chi connectivity index (χ1v) is 11.7. The van der Waals surface area contributed by atoms with Crippen molar-refractivity contribution in [2.45, 2.75) is 58.9 Å². The molecule has 2 N–H and O–H groups in total. The van der Waals surface area contributed by atoms with E-state index >= 15 is 0 Å². The number of nitrogens with one attached hydrogen (secondary N) is 2. The molecular weight excluding hydrogens is 414 g/mol. The maximum absolute atomic E-state index is 13.0. The van der Waals surface area contributed by atoms with Gasteiger partial charge in [0.1, 0.15) is 0 Å². The van der Waals surface area contributed by atoms with Crippen LogP contribution in [0.3, 0.4) is 0 Å². The number of rotatable bonds is 7. The third-order valence-electron chi connectivity index (χ3n) is 5.95. The molecule has 0 saturated heterocycles. The molecule has 0 aliphatic rings. The number of carbonyl (C=O) groups excluding carboxylic acids is 1. The van der Waals surface area contributed by atoms with Gasteiger partial charge >= 0.3 is 0 Å². The van der Waals surface area contributed by atoms with Crippen LogP contribution in [0.1, 0.15) is 53.0 Å². The zero-order valence-corrected chi connectivity index (χ0v) is 19.6. The van der Waals surface area contributed by atoms with Crippen LogP contribution in [-0.4, -0.2) is 35.5 Å². The van der Waals surface area contributed by atoms with Crippen LogP contribution >= 0.6 is 0 Å². The third-order valence-corrected chi connectivity index (χ3v) is 7.68. The average Bonchev–Trinajstić information content (AvgIpc) is 3.15. The van der Waals surface area contributed by atoms with Gasteiger partial charge in [-0.1, -0.05) is 6.07 Å². The maximum Gasteiger partial charge on any atom is 0.241 e. The van der Waals surface area contributed by atoms with Gasteiger partial charge in [-0.25, -0.2) is 13.1 Å². The summed E-state index contributed by atoms with van der Waals surface area (Å²) in [5.41, 5.74) is 5.21. The van der Waals surface area contributed by atoms with Crippen LogP contribution < -0.4 is 10.0 Å². The summed E-state index contributed by atoms with van der Waals surface area (Å²) in [6.45, 7) is 11.3. The molecule has 1 amide bonds. The molecule has 1 unspecified atom stereocenters. The van der Waals surface area contributed by atoms with Gasteiger partial charge in [0.25, 0.3) is 0 Å². The molecule has 0 bridgehead atoms. The molecule has 2 heterocycles. The Labute approximate surface area is 183 Å². The molecule has 31 heavy (non-hydrogen) atoms. The Morgan fingerprint density at radius 2 is 1.61 bits per heavy atom. The Morgan fingerprint density at radius 1 is 1.00 bits per heavy atom. The molecule has 8 nitrogen and oxygen atoms in total. The van der Waals surface area contributed by atoms with Gasteiger partial charge in [-0.3, -0.25) is 9.20 Å². The van der Waals surface area contributed by atoms with Gasteiger partial charge in [0.15, 0.2) is 11.5 Å². The summed E-state index contributed by atoms with van der Waals surface area (Å²) in [4.78, 5) is 12.7. The van der Waals surface area contributed by atoms with Crippen LogP contribution in [-0.2, 0) is 14.8 Å². The van der Waals surface area contributed by atoms with E-state index in [2.05, 4.69) is 20.2 Å². The second-order valence-corrected chi connectivity index (χ2v) is 9.58. The Balaban J connectivity index is 1.65. The first kappa shape index (κ1) is 22.9. The van der Waals surface area contributed by atoms with E-state index in [1.807, 2.05) is 65.9 Å². The van der Waals surface area contributed by atoms with Crippen LogP contribution in [0, 0.1) is 34.6 Å². The van der Waals surface area contributed by atoms with E-state index in [-0.39, 0.29) is 24.9 Å². The highest BCUT2D eigenvalue weighted by Crippen LogP contribution is 2.29. The number of pyridine rings is 1. The molecule has 1 aromatic carbocycles. The van der Waals surface area contributed by atoms with Gasteiger partial charge in [-0.05, 0) is 81.5 Å². The van der Waals surface area contributed by atoms with E-state index in [4.69, 9.17) is 0 Å². The molecule has 0 fully saturated rings. The fourth-order valence-electron chi connectivity index (χ4n) is 3.77. The van der Waals surface area contributed by atoms with E-state index in [0.717, 1.165) is 27.8 Å². The fraction of sp³-hybridized carbons (Fsp3) is 0.409. The number of sulfonamides is 1. The molecule has 9 heteroatoms. The van der Waals surface area contributed by atoms with E-state index in [1.165, 1.54) is 0 Å². The van der Waals surface area contributed by atoms with Gasteiger partial charge in [0.05, 0.1) is 10.9 Å². The third kappa shape index (κ3) is 4.47. The first-order chi connectivity index (χ1) is 14.5. The summed E-state index contributed by atoms with van der Waals surface area (Å²) in [5.74, 6) is 0.342. The Hall–Kier alpha value is -2.78. The van der Waals surface area contributed by atoms with Gasteiger partial charge in [-0.2, -0.15) is 0 Å². The van der Waals surface area contributed by atoms with Crippen molar-refractivity contribution in [3.8, 4) is 0 Å². The number of nitrogens with zero attached hydrogens (tertiary/aromatic N) is 3. The fourth-order valence-corrected chi connectivity index (χ4v) is 5.40. The molecule has 0 spiro atoms. The van der Waals surface area contributed by atoms with Crippen molar-refractivity contribution < 1.29 is 13.2 Å². The number of carbonyl (C=O) groups is 1. The topological polar surface area (TPSA) is 105 Å². The van der Waals surface area contributed by atoms with Crippen molar-refractivity contribution in [1.29, 1.82) is 0 Å². The minimum atomic E-state index is -3.74. The predicted molar refractivity (Wildman–Crippen MR) is 119 cm³/mol. The monoisotopic (exact) mass is 443 g/mol. The van der Waals surface area contributed by atoms with E-state index < -0.39 is 10.0 Å². The van der Waals surface area contributed by atoms with Crippen molar-refractivity contribution in [1.82, 2.24) is 24.6 Å². The lowest BCUT2D eigenvalue weighted by Crippen LogP contribution is -2.33. The second-order valence-electron chi connectivity index (χ2n) is 7.88. The zero-order valence-electron chi connectivity index (χ0n) is 18.8. The van der Waals surface area contributed by atoms with Crippen molar-refractivity contribution >= 4 is 21.6 Å². The molecule has 0 aliphatic heterocycles. The van der Waals surface area contributed by atoms with Gasteiger partial charge in [0, 0.05) is 19.2 Å². The molecular formula is C22H29N5O3S. The largest absolute Gasteiger partial charge is 0.346 e. The van der Waals surface area contributed by atoms with Gasteiger partial charge in [-0.15, -0.1) is 10.2 Å². The lowest BCUT2D eigenvalue weighted by molar-refractivity contribution is -0.121. The van der Waals surface area contributed by atoms with Gasteiger partial charge < -0.3 is 5.32 Å². The standard InChI is InChI=1S/C22H29N5O3S/c1-13-14(2)16(4)21(17(5)15(13)3)31(29,30)23-11-10-20(28)24-18(6)22-26-25-19-9-7-8-12-27(19)22/h7-9,12,18,23H,10-11H2,1-6H3,(H,24,28). The van der Waals surface area contributed by atoms with Crippen LogP contribution in [0.15, 0.2) is 29.3 Å². The molecule has 2 aromatic heterocycles. The van der Waals surface area contributed by atoms with E-state index in [0.29, 0.717) is 16.4 Å². The summed E-state index contributed by atoms with van der Waals surface area (Å²) < 4.78 is 30.3. The predicted octanol–water partition coefficient (Wildman–Crippen LogP) is 2.82. The first-order valence-electron chi connectivity index (χ1n) is 10.2. The molecule has 3 rings (SSSR count). The maximum atomic E-state index is 13.0.